The number of rotatable bonds is 4. The maximum atomic E-state index is 3.86. The molecule has 1 aliphatic carbocycles. The van der Waals surface area contributed by atoms with Crippen molar-refractivity contribution in [2.45, 2.75) is 75.8 Å². The van der Waals surface area contributed by atoms with Crippen LogP contribution in [0, 0.1) is 5.92 Å². The average molecular weight is 477 g/mol. The summed E-state index contributed by atoms with van der Waals surface area (Å²) in [7, 11) is 1.09. The Morgan fingerprint density at radius 3 is 2.11 bits per heavy atom. The molecule has 3 aromatic carbocycles. The summed E-state index contributed by atoms with van der Waals surface area (Å²) in [5.74, 6) is 1.27. The van der Waals surface area contributed by atoms with Crippen LogP contribution in [0.3, 0.4) is 0 Å². The molecule has 3 aromatic rings. The number of anilines is 1. The Morgan fingerprint density at radius 2 is 1.33 bits per heavy atom. The standard InChI is InChI=1S/C33H41BN2/c1-3-13-26(14-4-1)35-27-15-5-2-6-16-28(22-21-27)36-23-11-12-25(24-36)33-29-17-7-9-19-31(29)34-32-20-10-8-18-30(32)33/h1,3-4,7-10,13-14,17-20,25,27-28,33-35H,2,5-6,11-12,15-16,21-24H2. The maximum absolute atomic E-state index is 3.86. The molecule has 3 atom stereocenters. The van der Waals surface area contributed by atoms with Gasteiger partial charge in [-0.3, -0.25) is 0 Å². The van der Waals surface area contributed by atoms with Gasteiger partial charge in [0.15, 0.2) is 7.28 Å². The van der Waals surface area contributed by atoms with Crippen molar-refractivity contribution in [2.24, 2.45) is 5.92 Å². The van der Waals surface area contributed by atoms with Crippen LogP contribution < -0.4 is 16.2 Å². The van der Waals surface area contributed by atoms with Crippen molar-refractivity contribution >= 4 is 23.9 Å². The van der Waals surface area contributed by atoms with E-state index in [1.54, 1.807) is 22.1 Å². The number of benzene rings is 3. The first-order valence-electron chi connectivity index (χ1n) is 14.6. The summed E-state index contributed by atoms with van der Waals surface area (Å²) in [6.45, 7) is 2.54. The second-order valence-electron chi connectivity index (χ2n) is 11.5. The normalized spacial score (nSPS) is 25.4. The summed E-state index contributed by atoms with van der Waals surface area (Å²) in [4.78, 5) is 2.92. The van der Waals surface area contributed by atoms with E-state index in [9.17, 15) is 0 Å². The molecular formula is C33H41BN2. The Balaban J connectivity index is 1.19. The Kier molecular flexibility index (Phi) is 7.46. The Hall–Kier alpha value is -2.52. The van der Waals surface area contributed by atoms with E-state index < -0.39 is 0 Å². The van der Waals surface area contributed by atoms with Gasteiger partial charge in [0, 0.05) is 30.2 Å². The van der Waals surface area contributed by atoms with E-state index in [0.717, 1.165) is 13.3 Å². The number of piperidine rings is 1. The highest BCUT2D eigenvalue weighted by Crippen LogP contribution is 2.38. The average Bonchev–Trinajstić information content (AvgIpc) is 3.05. The van der Waals surface area contributed by atoms with Gasteiger partial charge in [0.05, 0.1) is 0 Å². The predicted octanol–water partition coefficient (Wildman–Crippen LogP) is 5.82. The van der Waals surface area contributed by atoms with Gasteiger partial charge in [0.25, 0.3) is 0 Å². The van der Waals surface area contributed by atoms with Gasteiger partial charge in [0.2, 0.25) is 0 Å². The molecule has 6 rings (SSSR count). The second-order valence-corrected chi connectivity index (χ2v) is 11.5. The van der Waals surface area contributed by atoms with Crippen molar-refractivity contribution in [1.82, 2.24) is 4.90 Å². The number of nitrogens with zero attached hydrogens (tertiary/aromatic N) is 1. The van der Waals surface area contributed by atoms with E-state index in [1.807, 2.05) is 0 Å². The van der Waals surface area contributed by atoms with Crippen LogP contribution in [0.25, 0.3) is 0 Å². The summed E-state index contributed by atoms with van der Waals surface area (Å²) >= 11 is 0. The first kappa shape index (κ1) is 23.9. The van der Waals surface area contributed by atoms with Gasteiger partial charge < -0.3 is 10.2 Å². The number of fused-ring (bicyclic) bond motifs is 2. The molecule has 36 heavy (non-hydrogen) atoms. The molecule has 1 N–H and O–H groups in total. The zero-order valence-corrected chi connectivity index (χ0v) is 21.7. The molecule has 186 valence electrons. The molecule has 0 amide bonds. The molecule has 0 bridgehead atoms. The summed E-state index contributed by atoms with van der Waals surface area (Å²) < 4.78 is 0. The number of para-hydroxylation sites is 1. The van der Waals surface area contributed by atoms with E-state index in [4.69, 9.17) is 0 Å². The van der Waals surface area contributed by atoms with E-state index in [-0.39, 0.29) is 0 Å². The van der Waals surface area contributed by atoms with Crippen LogP contribution in [0.2, 0.25) is 0 Å². The highest BCUT2D eigenvalue weighted by molar-refractivity contribution is 6.69. The number of likely N-dealkylation sites (tertiary alicyclic amines) is 1. The fraction of sp³-hybridized carbons (Fsp3) is 0.455. The molecule has 1 saturated heterocycles. The molecule has 1 saturated carbocycles. The lowest BCUT2D eigenvalue weighted by molar-refractivity contribution is 0.102. The number of hydrogen-bond donors (Lipinski definition) is 1. The fourth-order valence-electron chi connectivity index (χ4n) is 7.43. The van der Waals surface area contributed by atoms with Gasteiger partial charge in [-0.2, -0.15) is 0 Å². The van der Waals surface area contributed by atoms with Gasteiger partial charge in [0.1, 0.15) is 0 Å². The highest BCUT2D eigenvalue weighted by Gasteiger charge is 2.36. The minimum Gasteiger partial charge on any atom is -0.382 e. The van der Waals surface area contributed by atoms with Crippen LogP contribution in [-0.2, 0) is 0 Å². The van der Waals surface area contributed by atoms with Crippen LogP contribution in [0.5, 0.6) is 0 Å². The fourth-order valence-corrected chi connectivity index (χ4v) is 7.43. The van der Waals surface area contributed by atoms with Crippen LogP contribution in [-0.4, -0.2) is 37.4 Å². The highest BCUT2D eigenvalue weighted by atomic mass is 15.2. The Labute approximate surface area is 218 Å². The lowest BCUT2D eigenvalue weighted by Crippen LogP contribution is -2.48. The van der Waals surface area contributed by atoms with E-state index >= 15 is 0 Å². The lowest BCUT2D eigenvalue weighted by atomic mass is 9.52. The maximum Gasteiger partial charge on any atom is 0.193 e. The van der Waals surface area contributed by atoms with E-state index in [0.29, 0.717) is 17.9 Å². The lowest BCUT2D eigenvalue weighted by Gasteiger charge is -2.43. The van der Waals surface area contributed by atoms with Crippen LogP contribution in [0.15, 0.2) is 78.9 Å². The summed E-state index contributed by atoms with van der Waals surface area (Å²) in [6, 6.07) is 30.8. The largest absolute Gasteiger partial charge is 0.382 e. The first-order valence-corrected chi connectivity index (χ1v) is 14.6. The third kappa shape index (κ3) is 5.27. The molecule has 2 nitrogen and oxygen atoms in total. The van der Waals surface area contributed by atoms with Gasteiger partial charge in [-0.25, -0.2) is 0 Å². The summed E-state index contributed by atoms with van der Waals surface area (Å²) in [5, 5.41) is 3.86. The number of nitrogens with one attached hydrogen (secondary N) is 1. The van der Waals surface area contributed by atoms with Crippen LogP contribution in [0.1, 0.15) is 74.8 Å². The minimum atomic E-state index is 0.553. The molecule has 2 aliphatic heterocycles. The third-order valence-electron chi connectivity index (χ3n) is 9.22. The van der Waals surface area contributed by atoms with Crippen molar-refractivity contribution < 1.29 is 0 Å². The van der Waals surface area contributed by atoms with Crippen molar-refractivity contribution in [2.75, 3.05) is 18.4 Å². The molecular weight excluding hydrogens is 435 g/mol. The predicted molar refractivity (Wildman–Crippen MR) is 155 cm³/mol. The van der Waals surface area contributed by atoms with Crippen molar-refractivity contribution in [1.29, 1.82) is 0 Å². The molecule has 3 aliphatic rings. The van der Waals surface area contributed by atoms with E-state index in [2.05, 4.69) is 89.1 Å². The second kappa shape index (κ2) is 11.3. The smallest absolute Gasteiger partial charge is 0.193 e. The topological polar surface area (TPSA) is 15.3 Å². The summed E-state index contributed by atoms with van der Waals surface area (Å²) in [6.07, 6.45) is 12.1. The zero-order chi connectivity index (χ0) is 24.2. The van der Waals surface area contributed by atoms with Crippen molar-refractivity contribution in [3.05, 3.63) is 90.0 Å². The van der Waals surface area contributed by atoms with Crippen LogP contribution in [0.4, 0.5) is 5.69 Å². The first-order chi connectivity index (χ1) is 17.8. The van der Waals surface area contributed by atoms with E-state index in [1.165, 1.54) is 76.6 Å². The molecule has 0 radical (unpaired) electrons. The van der Waals surface area contributed by atoms with Crippen molar-refractivity contribution in [3.63, 3.8) is 0 Å². The van der Waals surface area contributed by atoms with Gasteiger partial charge in [-0.05, 0) is 74.2 Å². The van der Waals surface area contributed by atoms with Crippen LogP contribution >= 0.6 is 0 Å². The Bertz CT molecular complexity index is 1080. The molecule has 0 spiro atoms. The quantitative estimate of drug-likeness (QED) is 0.477. The molecule has 0 aromatic heterocycles. The monoisotopic (exact) mass is 476 g/mol. The van der Waals surface area contributed by atoms with Crippen molar-refractivity contribution in [3.8, 4) is 0 Å². The zero-order valence-electron chi connectivity index (χ0n) is 21.7. The molecule has 3 unspecified atom stereocenters. The minimum absolute atomic E-state index is 0.553. The van der Waals surface area contributed by atoms with Gasteiger partial charge in [-0.1, -0.05) is 96.9 Å². The summed E-state index contributed by atoms with van der Waals surface area (Å²) in [5.41, 5.74) is 7.59. The van der Waals surface area contributed by atoms with Gasteiger partial charge in [-0.15, -0.1) is 0 Å². The SMILES string of the molecule is B1c2ccccc2C(C2CCCN(C3CCCCCC(Nc4ccccc4)CC3)C2)c2ccccc21. The molecule has 2 fully saturated rings. The molecule has 2 heterocycles. The Morgan fingerprint density at radius 1 is 0.639 bits per heavy atom. The number of hydrogen-bond acceptors (Lipinski definition) is 2. The molecule has 3 heteroatoms. The van der Waals surface area contributed by atoms with Gasteiger partial charge >= 0.3 is 0 Å². The third-order valence-corrected chi connectivity index (χ3v) is 9.22.